The summed E-state index contributed by atoms with van der Waals surface area (Å²) in [5.74, 6) is 0.975. The summed E-state index contributed by atoms with van der Waals surface area (Å²) < 4.78 is 0. The summed E-state index contributed by atoms with van der Waals surface area (Å²) in [5.41, 5.74) is 3.47. The first kappa shape index (κ1) is 11.9. The molecular weight excluding hydrogens is 267 g/mol. The molecule has 1 aromatic heterocycles. The first-order valence-corrected chi connectivity index (χ1v) is 6.76. The second-order valence-corrected chi connectivity index (χ2v) is 5.17. The van der Waals surface area contributed by atoms with E-state index in [0.717, 1.165) is 24.2 Å². The molecule has 1 aliphatic rings. The summed E-state index contributed by atoms with van der Waals surface area (Å²) in [5, 5.41) is 0.966. The highest BCUT2D eigenvalue weighted by molar-refractivity contribution is 6.34. The van der Waals surface area contributed by atoms with E-state index in [1.807, 2.05) is 13.0 Å². The van der Waals surface area contributed by atoms with Gasteiger partial charge in [0.25, 0.3) is 0 Å². The Balaban J connectivity index is 2.01. The van der Waals surface area contributed by atoms with Gasteiger partial charge in [-0.2, -0.15) is 0 Å². The van der Waals surface area contributed by atoms with Crippen molar-refractivity contribution in [2.45, 2.75) is 25.7 Å². The Morgan fingerprint density at radius 3 is 2.44 bits per heavy atom. The molecule has 0 N–H and O–H groups in total. The maximum atomic E-state index is 6.15. The summed E-state index contributed by atoms with van der Waals surface area (Å²) in [7, 11) is 0. The average molecular weight is 279 g/mol. The van der Waals surface area contributed by atoms with E-state index < -0.39 is 0 Å². The molecule has 4 heteroatoms. The predicted octanol–water partition coefficient (Wildman–Crippen LogP) is 4.03. The summed E-state index contributed by atoms with van der Waals surface area (Å²) in [6.45, 7) is 1.99. The second-order valence-electron chi connectivity index (χ2n) is 4.45. The molecule has 2 nitrogen and oxygen atoms in total. The summed E-state index contributed by atoms with van der Waals surface area (Å²) >= 11 is 12.3. The van der Waals surface area contributed by atoms with Crippen molar-refractivity contribution in [3.05, 3.63) is 57.1 Å². The summed E-state index contributed by atoms with van der Waals surface area (Å²) in [6.07, 6.45) is 1.72. The number of nitrogens with zero attached hydrogens (tertiary/aromatic N) is 2. The molecule has 18 heavy (non-hydrogen) atoms. The van der Waals surface area contributed by atoms with E-state index in [-0.39, 0.29) is 5.92 Å². The van der Waals surface area contributed by atoms with Gasteiger partial charge in [-0.25, -0.2) is 9.97 Å². The highest BCUT2D eigenvalue weighted by Crippen LogP contribution is 2.39. The molecule has 0 amide bonds. The monoisotopic (exact) mass is 278 g/mol. The molecule has 0 radical (unpaired) electrons. The van der Waals surface area contributed by atoms with Crippen molar-refractivity contribution in [1.82, 2.24) is 9.97 Å². The van der Waals surface area contributed by atoms with Crippen molar-refractivity contribution in [3.8, 4) is 0 Å². The average Bonchev–Trinajstić information content (AvgIpc) is 2.30. The largest absolute Gasteiger partial charge is 0.220 e. The fourth-order valence-corrected chi connectivity index (χ4v) is 3.05. The molecule has 0 aliphatic heterocycles. The van der Waals surface area contributed by atoms with Gasteiger partial charge in [-0.15, -0.1) is 0 Å². The van der Waals surface area contributed by atoms with Crippen LogP contribution in [-0.4, -0.2) is 9.97 Å². The standard InChI is InChI=1S/C14H12Cl2N2/c1-2-9-12(15)17-14(18-13(9)16)11-7-8-5-3-4-6-10(8)11/h3-6,11H,2,7H2,1H3. The Labute approximate surface area is 116 Å². The van der Waals surface area contributed by atoms with Gasteiger partial charge in [0.05, 0.1) is 0 Å². The van der Waals surface area contributed by atoms with E-state index in [1.165, 1.54) is 11.1 Å². The molecule has 0 saturated heterocycles. The number of benzene rings is 1. The fraction of sp³-hybridized carbons (Fsp3) is 0.286. The van der Waals surface area contributed by atoms with Crippen LogP contribution >= 0.6 is 23.2 Å². The van der Waals surface area contributed by atoms with Gasteiger partial charge in [-0.3, -0.25) is 0 Å². The Morgan fingerprint density at radius 1 is 1.17 bits per heavy atom. The Bertz CT molecular complexity index is 587. The van der Waals surface area contributed by atoms with Crippen LogP contribution < -0.4 is 0 Å². The molecule has 1 aromatic carbocycles. The third-order valence-electron chi connectivity index (χ3n) is 3.44. The lowest BCUT2D eigenvalue weighted by molar-refractivity contribution is 0.658. The number of halogens is 2. The molecular formula is C14H12Cl2N2. The zero-order valence-corrected chi connectivity index (χ0v) is 11.5. The maximum absolute atomic E-state index is 6.15. The van der Waals surface area contributed by atoms with E-state index in [2.05, 4.69) is 28.2 Å². The van der Waals surface area contributed by atoms with Crippen LogP contribution in [0, 0.1) is 0 Å². The number of rotatable bonds is 2. The number of hydrogen-bond acceptors (Lipinski definition) is 2. The third-order valence-corrected chi connectivity index (χ3v) is 4.07. The van der Waals surface area contributed by atoms with Crippen molar-refractivity contribution in [3.63, 3.8) is 0 Å². The Hall–Kier alpha value is -1.12. The van der Waals surface area contributed by atoms with Gasteiger partial charge in [0.2, 0.25) is 0 Å². The molecule has 1 aliphatic carbocycles. The first-order valence-electron chi connectivity index (χ1n) is 6.00. The van der Waals surface area contributed by atoms with Crippen LogP contribution in [-0.2, 0) is 12.8 Å². The summed E-state index contributed by atoms with van der Waals surface area (Å²) in [6, 6.07) is 8.34. The topological polar surface area (TPSA) is 25.8 Å². The van der Waals surface area contributed by atoms with Gasteiger partial charge in [0, 0.05) is 11.5 Å². The summed E-state index contributed by atoms with van der Waals surface area (Å²) in [4.78, 5) is 8.79. The van der Waals surface area contributed by atoms with E-state index in [4.69, 9.17) is 23.2 Å². The van der Waals surface area contributed by atoms with Crippen LogP contribution in [0.4, 0.5) is 0 Å². The third kappa shape index (κ3) is 1.80. The number of hydrogen-bond donors (Lipinski definition) is 0. The normalized spacial score (nSPS) is 17.2. The van der Waals surface area contributed by atoms with E-state index >= 15 is 0 Å². The molecule has 2 aromatic rings. The smallest absolute Gasteiger partial charge is 0.139 e. The molecule has 0 spiro atoms. The molecule has 92 valence electrons. The van der Waals surface area contributed by atoms with E-state index in [1.54, 1.807) is 0 Å². The minimum Gasteiger partial charge on any atom is -0.220 e. The van der Waals surface area contributed by atoms with Gasteiger partial charge >= 0.3 is 0 Å². The van der Waals surface area contributed by atoms with E-state index in [0.29, 0.717) is 10.3 Å². The minimum absolute atomic E-state index is 0.238. The molecule has 1 unspecified atom stereocenters. The lowest BCUT2D eigenvalue weighted by atomic mass is 9.77. The Kier molecular flexibility index (Phi) is 3.00. The van der Waals surface area contributed by atoms with Gasteiger partial charge in [-0.1, -0.05) is 54.4 Å². The second kappa shape index (κ2) is 4.52. The highest BCUT2D eigenvalue weighted by Gasteiger charge is 2.30. The zero-order valence-electron chi connectivity index (χ0n) is 9.95. The van der Waals surface area contributed by atoms with Crippen LogP contribution in [0.25, 0.3) is 0 Å². The molecule has 0 fully saturated rings. The van der Waals surface area contributed by atoms with Crippen molar-refractivity contribution < 1.29 is 0 Å². The van der Waals surface area contributed by atoms with Crippen LogP contribution in [0.3, 0.4) is 0 Å². The molecule has 1 heterocycles. The van der Waals surface area contributed by atoms with Crippen molar-refractivity contribution in [2.24, 2.45) is 0 Å². The van der Waals surface area contributed by atoms with Gasteiger partial charge in [0.1, 0.15) is 16.1 Å². The molecule has 3 rings (SSSR count). The molecule has 0 saturated carbocycles. The maximum Gasteiger partial charge on any atom is 0.139 e. The van der Waals surface area contributed by atoms with Crippen molar-refractivity contribution >= 4 is 23.2 Å². The SMILES string of the molecule is CCc1c(Cl)nc(C2Cc3ccccc32)nc1Cl. The minimum atomic E-state index is 0.238. The van der Waals surface area contributed by atoms with Crippen LogP contribution in [0.2, 0.25) is 10.3 Å². The quantitative estimate of drug-likeness (QED) is 0.775. The van der Waals surface area contributed by atoms with Crippen molar-refractivity contribution in [1.29, 1.82) is 0 Å². The number of aromatic nitrogens is 2. The van der Waals surface area contributed by atoms with Gasteiger partial charge in [0.15, 0.2) is 0 Å². The number of fused-ring (bicyclic) bond motifs is 1. The highest BCUT2D eigenvalue weighted by atomic mass is 35.5. The molecule has 1 atom stereocenters. The van der Waals surface area contributed by atoms with Gasteiger partial charge < -0.3 is 0 Å². The lowest BCUT2D eigenvalue weighted by Gasteiger charge is -2.29. The Morgan fingerprint density at radius 2 is 1.83 bits per heavy atom. The van der Waals surface area contributed by atoms with Crippen LogP contribution in [0.15, 0.2) is 24.3 Å². The zero-order chi connectivity index (χ0) is 12.7. The van der Waals surface area contributed by atoms with Gasteiger partial charge in [-0.05, 0) is 24.0 Å². The first-order chi connectivity index (χ1) is 8.70. The van der Waals surface area contributed by atoms with E-state index in [9.17, 15) is 0 Å². The lowest BCUT2D eigenvalue weighted by Crippen LogP contribution is -2.20. The molecule has 0 bridgehead atoms. The predicted molar refractivity (Wildman–Crippen MR) is 73.4 cm³/mol. The van der Waals surface area contributed by atoms with Crippen molar-refractivity contribution in [2.75, 3.05) is 0 Å². The van der Waals surface area contributed by atoms with Crippen LogP contribution in [0.5, 0.6) is 0 Å². The fourth-order valence-electron chi connectivity index (χ4n) is 2.38. The van der Waals surface area contributed by atoms with Crippen LogP contribution in [0.1, 0.15) is 35.4 Å².